The van der Waals surface area contributed by atoms with Crippen LogP contribution in [0.5, 0.6) is 0 Å². The van der Waals surface area contributed by atoms with Crippen LogP contribution < -0.4 is 0 Å². The van der Waals surface area contributed by atoms with Crippen molar-refractivity contribution in [3.05, 3.63) is 24.3 Å². The molecule has 0 saturated carbocycles. The van der Waals surface area contributed by atoms with Crippen LogP contribution in [0.4, 0.5) is 0 Å². The zero-order valence-electron chi connectivity index (χ0n) is 7.10. The van der Waals surface area contributed by atoms with E-state index in [9.17, 15) is 0 Å². The van der Waals surface area contributed by atoms with E-state index in [-0.39, 0.29) is 37.7 Å². The van der Waals surface area contributed by atoms with Crippen molar-refractivity contribution in [2.45, 2.75) is 38.5 Å². The van der Waals surface area contributed by atoms with Gasteiger partial charge in [-0.15, -0.1) is 0 Å². The van der Waals surface area contributed by atoms with Gasteiger partial charge in [0, 0.05) is 0 Å². The van der Waals surface area contributed by atoms with E-state index in [1.807, 2.05) is 0 Å². The fourth-order valence-electron chi connectivity index (χ4n) is 1.02. The summed E-state index contributed by atoms with van der Waals surface area (Å²) in [5.74, 6) is 0. The van der Waals surface area contributed by atoms with Crippen LogP contribution in [0.1, 0.15) is 38.5 Å². The number of hydrogen-bond donors (Lipinski definition) is 0. The molecule has 0 atom stereocenters. The quantitative estimate of drug-likeness (QED) is 0.391. The van der Waals surface area contributed by atoms with Crippen LogP contribution in [0.15, 0.2) is 12.2 Å². The van der Waals surface area contributed by atoms with Gasteiger partial charge in [0.25, 0.3) is 0 Å². The first-order valence-corrected chi connectivity index (χ1v) is 4.10. The molecule has 0 unspecified atom stereocenters. The summed E-state index contributed by atoms with van der Waals surface area (Å²) in [6.07, 6.45) is 18.0. The van der Waals surface area contributed by atoms with E-state index in [2.05, 4.69) is 24.3 Å². The molecule has 0 radical (unpaired) electrons. The van der Waals surface area contributed by atoms with Crippen molar-refractivity contribution in [1.82, 2.24) is 0 Å². The van der Waals surface area contributed by atoms with E-state index in [1.54, 1.807) is 0 Å². The topological polar surface area (TPSA) is 0 Å². The van der Waals surface area contributed by atoms with Gasteiger partial charge in [0.15, 0.2) is 0 Å². The second-order valence-electron chi connectivity index (χ2n) is 2.60. The maximum Gasteiger partial charge on any atom is 2.00 e. The third-order valence-corrected chi connectivity index (χ3v) is 1.63. The molecule has 0 amide bonds. The monoisotopic (exact) mass is 174 g/mol. The first kappa shape index (κ1) is 11.7. The molecule has 0 aromatic carbocycles. The minimum absolute atomic E-state index is 0. The molecule has 2 aliphatic carbocycles. The third kappa shape index (κ3) is 7.11. The molecule has 0 aromatic heterocycles. The smallest absolute Gasteiger partial charge is 0.501 e. The summed E-state index contributed by atoms with van der Waals surface area (Å²) in [5.41, 5.74) is 0. The van der Waals surface area contributed by atoms with Gasteiger partial charge in [-0.2, -0.15) is 12.8 Å². The zero-order chi connectivity index (χ0) is 7.07. The normalized spacial score (nSPS) is 18.9. The molecule has 1 heteroatoms. The predicted octanol–water partition coefficient (Wildman–Crippen LogP) is 2.68. The van der Waals surface area contributed by atoms with Crippen LogP contribution in [0, 0.1) is 12.2 Å². The Hall–Kier alpha value is 0.740. The van der Waals surface area contributed by atoms with E-state index >= 15 is 0 Å². The van der Waals surface area contributed by atoms with Gasteiger partial charge in [-0.3, -0.25) is 12.2 Å². The molecule has 56 valence electrons. The van der Waals surface area contributed by atoms with Crippen LogP contribution in [-0.2, 0) is 0 Å². The van der Waals surface area contributed by atoms with Gasteiger partial charge in [-0.05, 0) is 0 Å². The van der Waals surface area contributed by atoms with Gasteiger partial charge >= 0.3 is 37.7 Å². The molecule has 0 aliphatic heterocycles. The summed E-state index contributed by atoms with van der Waals surface area (Å²) < 4.78 is 0. The van der Waals surface area contributed by atoms with E-state index < -0.39 is 0 Å². The molecule has 2 rings (SSSR count). The van der Waals surface area contributed by atoms with Gasteiger partial charge in [0.1, 0.15) is 0 Å². The summed E-state index contributed by atoms with van der Waals surface area (Å²) in [5, 5.41) is 0. The average molecular weight is 174 g/mol. The fourth-order valence-corrected chi connectivity index (χ4v) is 1.02. The number of hydrogen-bond acceptors (Lipinski definition) is 0. The third-order valence-electron chi connectivity index (χ3n) is 1.63. The molecule has 0 saturated heterocycles. The van der Waals surface area contributed by atoms with Crippen LogP contribution in [0.25, 0.3) is 0 Å². The molecule has 0 spiro atoms. The van der Waals surface area contributed by atoms with Crippen LogP contribution in [0.3, 0.4) is 0 Å². The van der Waals surface area contributed by atoms with Gasteiger partial charge in [-0.1, -0.05) is 25.7 Å². The standard InChI is InChI=1S/2C5H7.Ca/c2*1-2-4-5-3-1;/h2*1H,2,4-5H2;/q2*-1;+2. The number of rotatable bonds is 0. The molecule has 0 aromatic rings. The van der Waals surface area contributed by atoms with E-state index in [4.69, 9.17) is 0 Å². The SMILES string of the molecule is [C-]1=CCCC1.[C-]1=CCCC1.[Ca+2]. The van der Waals surface area contributed by atoms with Gasteiger partial charge in [0.05, 0.1) is 0 Å². The van der Waals surface area contributed by atoms with Crippen molar-refractivity contribution in [3.8, 4) is 0 Å². The Morgan fingerprint density at radius 3 is 1.36 bits per heavy atom. The Labute approximate surface area is 99.8 Å². The van der Waals surface area contributed by atoms with Gasteiger partial charge in [0.2, 0.25) is 0 Å². The van der Waals surface area contributed by atoms with E-state index in [0.717, 1.165) is 0 Å². The first-order chi connectivity index (χ1) is 5.00. The minimum atomic E-state index is 0. The molecule has 0 N–H and O–H groups in total. The van der Waals surface area contributed by atoms with Crippen molar-refractivity contribution >= 4 is 37.7 Å². The number of allylic oxidation sites excluding steroid dienone is 4. The summed E-state index contributed by atoms with van der Waals surface area (Å²) in [6.45, 7) is 0. The summed E-state index contributed by atoms with van der Waals surface area (Å²) in [7, 11) is 0. The Balaban J connectivity index is 0.000000167. The maximum atomic E-state index is 3.10. The molecule has 0 bridgehead atoms. The summed E-state index contributed by atoms with van der Waals surface area (Å²) in [6, 6.07) is 0. The molecule has 0 nitrogen and oxygen atoms in total. The first-order valence-electron chi connectivity index (χ1n) is 4.10. The minimum Gasteiger partial charge on any atom is -0.501 e. The Bertz CT molecular complexity index is 96.8. The van der Waals surface area contributed by atoms with E-state index in [0.29, 0.717) is 0 Å². The summed E-state index contributed by atoms with van der Waals surface area (Å²) >= 11 is 0. The Kier molecular flexibility index (Phi) is 9.43. The van der Waals surface area contributed by atoms with Gasteiger partial charge in [-0.25, -0.2) is 0 Å². The fraction of sp³-hybridized carbons (Fsp3) is 0.600. The van der Waals surface area contributed by atoms with Gasteiger partial charge < -0.3 is 12.2 Å². The predicted molar refractivity (Wildman–Crippen MR) is 49.1 cm³/mol. The second kappa shape index (κ2) is 8.83. The molecular formula is C10H14Ca. The zero-order valence-corrected chi connectivity index (χ0v) is 9.31. The Morgan fingerprint density at radius 1 is 0.818 bits per heavy atom. The Morgan fingerprint density at radius 2 is 1.27 bits per heavy atom. The van der Waals surface area contributed by atoms with Crippen LogP contribution >= 0.6 is 0 Å². The maximum absolute atomic E-state index is 3.10. The molecule has 2 aliphatic rings. The van der Waals surface area contributed by atoms with Crippen LogP contribution in [0.2, 0.25) is 0 Å². The molecule has 0 fully saturated rings. The second-order valence-corrected chi connectivity index (χ2v) is 2.60. The van der Waals surface area contributed by atoms with Crippen molar-refractivity contribution in [3.63, 3.8) is 0 Å². The molecule has 0 heterocycles. The van der Waals surface area contributed by atoms with E-state index in [1.165, 1.54) is 38.5 Å². The van der Waals surface area contributed by atoms with Crippen molar-refractivity contribution in [2.24, 2.45) is 0 Å². The van der Waals surface area contributed by atoms with Crippen molar-refractivity contribution in [2.75, 3.05) is 0 Å². The largest absolute Gasteiger partial charge is 2.00 e. The molecular weight excluding hydrogens is 160 g/mol. The summed E-state index contributed by atoms with van der Waals surface area (Å²) in [4.78, 5) is 0. The van der Waals surface area contributed by atoms with Crippen molar-refractivity contribution < 1.29 is 0 Å². The van der Waals surface area contributed by atoms with Crippen LogP contribution in [-0.4, -0.2) is 37.7 Å². The molecule has 11 heavy (non-hydrogen) atoms. The van der Waals surface area contributed by atoms with Crippen molar-refractivity contribution in [1.29, 1.82) is 0 Å². The average Bonchev–Trinajstić information content (AvgIpc) is 2.67.